The minimum atomic E-state index is -4.02. The topological polar surface area (TPSA) is 105 Å². The Morgan fingerprint density at radius 2 is 2.06 bits per heavy atom. The zero-order chi connectivity index (χ0) is 25.6. The van der Waals surface area contributed by atoms with Gasteiger partial charge in [0.1, 0.15) is 36.5 Å². The molecule has 4 heterocycles. The van der Waals surface area contributed by atoms with Gasteiger partial charge in [0.25, 0.3) is 5.91 Å². The summed E-state index contributed by atoms with van der Waals surface area (Å²) in [5, 5.41) is 0. The van der Waals surface area contributed by atoms with Gasteiger partial charge in [0.15, 0.2) is 11.5 Å². The number of nitrogens with zero attached hydrogens (tertiary/aromatic N) is 4. The fraction of sp³-hybridized carbons (Fsp3) is 0.391. The molecule has 2 aliphatic rings. The summed E-state index contributed by atoms with van der Waals surface area (Å²) >= 11 is 0. The molecular weight excluding hydrogens is 496 g/mol. The monoisotopic (exact) mass is 521 g/mol. The molecule has 0 aliphatic carbocycles. The lowest BCUT2D eigenvalue weighted by Gasteiger charge is -2.30. The highest BCUT2D eigenvalue weighted by molar-refractivity contribution is 7.87. The molecule has 3 aromatic rings. The third-order valence-electron chi connectivity index (χ3n) is 6.38. The van der Waals surface area contributed by atoms with Crippen molar-refractivity contribution in [2.24, 2.45) is 0 Å². The van der Waals surface area contributed by atoms with Gasteiger partial charge in [0, 0.05) is 44.4 Å². The van der Waals surface area contributed by atoms with Crippen molar-refractivity contribution < 1.29 is 31.5 Å². The van der Waals surface area contributed by atoms with Crippen molar-refractivity contribution in [2.75, 3.05) is 38.3 Å². The van der Waals surface area contributed by atoms with Gasteiger partial charge < -0.3 is 14.4 Å². The molecule has 2 atom stereocenters. The van der Waals surface area contributed by atoms with E-state index in [1.807, 2.05) is 4.72 Å². The largest absolute Gasteiger partial charge is 0.486 e. The van der Waals surface area contributed by atoms with E-state index in [-0.39, 0.29) is 31.0 Å². The van der Waals surface area contributed by atoms with E-state index < -0.39 is 34.1 Å². The first-order chi connectivity index (χ1) is 17.2. The van der Waals surface area contributed by atoms with Crippen LogP contribution in [0.3, 0.4) is 0 Å². The number of pyridine rings is 1. The van der Waals surface area contributed by atoms with Gasteiger partial charge >= 0.3 is 10.2 Å². The maximum atomic E-state index is 14.7. The highest BCUT2D eigenvalue weighted by Crippen LogP contribution is 2.45. The van der Waals surface area contributed by atoms with Crippen LogP contribution in [0.2, 0.25) is 0 Å². The van der Waals surface area contributed by atoms with Crippen molar-refractivity contribution in [3.05, 3.63) is 53.7 Å². The summed E-state index contributed by atoms with van der Waals surface area (Å²) in [6, 6.07) is 5.38. The highest BCUT2D eigenvalue weighted by Gasteiger charge is 2.37. The molecule has 13 heteroatoms. The van der Waals surface area contributed by atoms with Crippen molar-refractivity contribution in [3.63, 3.8) is 0 Å². The molecule has 1 fully saturated rings. The molecule has 10 nitrogen and oxygen atoms in total. The van der Waals surface area contributed by atoms with Gasteiger partial charge in [-0.05, 0) is 18.2 Å². The average molecular weight is 522 g/mol. The van der Waals surface area contributed by atoms with Crippen LogP contribution in [0.4, 0.5) is 14.5 Å². The zero-order valence-corrected chi connectivity index (χ0v) is 20.5. The Hall–Kier alpha value is -3.45. The fourth-order valence-electron chi connectivity index (χ4n) is 4.48. The molecule has 1 aromatic carbocycles. The Morgan fingerprint density at radius 3 is 2.83 bits per heavy atom. The molecule has 36 heavy (non-hydrogen) atoms. The minimum Gasteiger partial charge on any atom is -0.486 e. The van der Waals surface area contributed by atoms with E-state index in [0.29, 0.717) is 35.9 Å². The molecule has 0 bridgehead atoms. The number of hydrogen-bond donors (Lipinski definition) is 1. The Balaban J connectivity index is 1.51. The summed E-state index contributed by atoms with van der Waals surface area (Å²) in [6.07, 6.45) is 1.77. The van der Waals surface area contributed by atoms with Gasteiger partial charge in [-0.3, -0.25) is 9.20 Å². The van der Waals surface area contributed by atoms with Gasteiger partial charge in [-0.25, -0.2) is 18.5 Å². The van der Waals surface area contributed by atoms with E-state index in [2.05, 4.69) is 4.98 Å². The van der Waals surface area contributed by atoms with Crippen LogP contribution in [0.25, 0.3) is 5.65 Å². The number of amides is 1. The molecule has 0 spiro atoms. The molecule has 1 N–H and O–H groups in total. The van der Waals surface area contributed by atoms with Crippen molar-refractivity contribution in [1.29, 1.82) is 0 Å². The molecular formula is C23H25F2N5O5S. The van der Waals surface area contributed by atoms with Gasteiger partial charge in [-0.15, -0.1) is 0 Å². The number of carbonyl (C=O) groups is 1. The predicted molar refractivity (Wildman–Crippen MR) is 127 cm³/mol. The Bertz CT molecular complexity index is 1430. The quantitative estimate of drug-likeness (QED) is 0.531. The van der Waals surface area contributed by atoms with Crippen molar-refractivity contribution in [1.82, 2.24) is 18.4 Å². The van der Waals surface area contributed by atoms with Crippen LogP contribution in [-0.2, 0) is 10.2 Å². The molecule has 0 saturated carbocycles. The Kier molecular flexibility index (Phi) is 6.20. The molecule has 1 amide bonds. The normalized spacial score (nSPS) is 19.8. The SMILES string of the molecule is CCN(C)S(=O)(=O)NC(=O)c1cnc2ccc(N3CC(F)CC3c3cc(F)cc4c3OCCO4)cn12. The molecule has 2 aliphatic heterocycles. The maximum absolute atomic E-state index is 14.7. The zero-order valence-electron chi connectivity index (χ0n) is 19.6. The second kappa shape index (κ2) is 9.21. The van der Waals surface area contributed by atoms with E-state index in [9.17, 15) is 22.0 Å². The molecule has 2 aromatic heterocycles. The fourth-order valence-corrected chi connectivity index (χ4v) is 5.32. The number of fused-ring (bicyclic) bond motifs is 2. The lowest BCUT2D eigenvalue weighted by molar-refractivity contribution is 0.0974. The van der Waals surface area contributed by atoms with Gasteiger partial charge in [0.05, 0.1) is 17.9 Å². The second-order valence-electron chi connectivity index (χ2n) is 8.63. The third kappa shape index (κ3) is 4.32. The minimum absolute atomic E-state index is 0.00709. The standard InChI is InChI=1S/C23H25F2N5O5S/c1-3-28(2)36(32,33)27-23(31)19-11-26-21-5-4-16(13-30(19)21)29-12-15(25)9-18(29)17-8-14(24)10-20-22(17)35-7-6-34-20/h4-5,8,10-11,13,15,18H,3,6-7,9,12H2,1-2H3,(H,27,31). The number of carbonyl (C=O) groups excluding carboxylic acids is 1. The van der Waals surface area contributed by atoms with Crippen molar-refractivity contribution in [3.8, 4) is 11.5 Å². The summed E-state index contributed by atoms with van der Waals surface area (Å²) in [5.41, 5.74) is 1.41. The first-order valence-electron chi connectivity index (χ1n) is 11.4. The van der Waals surface area contributed by atoms with Crippen LogP contribution < -0.4 is 19.1 Å². The number of ether oxygens (including phenoxy) is 2. The molecule has 5 rings (SSSR count). The lowest BCUT2D eigenvalue weighted by Crippen LogP contribution is -2.41. The number of halogens is 2. The van der Waals surface area contributed by atoms with Gasteiger partial charge in [0.2, 0.25) is 0 Å². The third-order valence-corrected chi connectivity index (χ3v) is 7.90. The second-order valence-corrected chi connectivity index (χ2v) is 10.4. The van der Waals surface area contributed by atoms with E-state index in [1.54, 1.807) is 30.2 Å². The summed E-state index contributed by atoms with van der Waals surface area (Å²) in [4.78, 5) is 18.7. The molecule has 1 saturated heterocycles. The van der Waals surface area contributed by atoms with E-state index in [0.717, 1.165) is 4.31 Å². The van der Waals surface area contributed by atoms with Crippen molar-refractivity contribution in [2.45, 2.75) is 25.6 Å². The molecule has 0 radical (unpaired) electrons. The summed E-state index contributed by atoms with van der Waals surface area (Å²) in [6.45, 7) is 2.45. The summed E-state index contributed by atoms with van der Waals surface area (Å²) in [5.74, 6) is -0.702. The van der Waals surface area contributed by atoms with Crippen LogP contribution in [-0.4, -0.2) is 67.5 Å². The van der Waals surface area contributed by atoms with Crippen molar-refractivity contribution >= 4 is 27.5 Å². The van der Waals surface area contributed by atoms with Crippen LogP contribution in [0.1, 0.15) is 35.4 Å². The number of anilines is 1. The first kappa shape index (κ1) is 24.3. The van der Waals surface area contributed by atoms with Gasteiger partial charge in [-0.1, -0.05) is 6.92 Å². The molecule has 2 unspecified atom stereocenters. The van der Waals surface area contributed by atoms with Crippen LogP contribution in [0.5, 0.6) is 11.5 Å². The predicted octanol–water partition coefficient (Wildman–Crippen LogP) is 2.46. The number of hydrogen-bond acceptors (Lipinski definition) is 7. The van der Waals surface area contributed by atoms with E-state index in [4.69, 9.17) is 9.47 Å². The number of rotatable bonds is 6. The van der Waals surface area contributed by atoms with Gasteiger partial charge in [-0.2, -0.15) is 12.7 Å². The number of benzene rings is 1. The average Bonchev–Trinajstić information content (AvgIpc) is 3.45. The van der Waals surface area contributed by atoms with Crippen LogP contribution in [0.15, 0.2) is 36.7 Å². The lowest BCUT2D eigenvalue weighted by atomic mass is 10.0. The number of alkyl halides is 1. The Morgan fingerprint density at radius 1 is 1.28 bits per heavy atom. The number of aromatic nitrogens is 2. The van der Waals surface area contributed by atoms with E-state index >= 15 is 0 Å². The summed E-state index contributed by atoms with van der Waals surface area (Å²) in [7, 11) is -2.67. The summed E-state index contributed by atoms with van der Waals surface area (Å²) < 4.78 is 69.5. The van der Waals surface area contributed by atoms with Crippen LogP contribution >= 0.6 is 0 Å². The number of nitrogens with one attached hydrogen (secondary N) is 1. The molecule has 192 valence electrons. The first-order valence-corrected chi connectivity index (χ1v) is 12.9. The smallest absolute Gasteiger partial charge is 0.303 e. The maximum Gasteiger partial charge on any atom is 0.303 e. The Labute approximate surface area is 206 Å². The van der Waals surface area contributed by atoms with E-state index in [1.165, 1.54) is 29.8 Å². The van der Waals surface area contributed by atoms with Crippen LogP contribution in [0, 0.1) is 5.82 Å². The highest BCUT2D eigenvalue weighted by atomic mass is 32.2. The number of imidazole rings is 1.